The van der Waals surface area contributed by atoms with Gasteiger partial charge in [0.05, 0.1) is 41.6 Å². The number of amides is 2. The molecule has 2 atom stereocenters. The lowest BCUT2D eigenvalue weighted by molar-refractivity contribution is -0.143. The molecule has 4 rings (SSSR count). The zero-order valence-corrected chi connectivity index (χ0v) is 23.3. The van der Waals surface area contributed by atoms with Crippen LogP contribution in [0.4, 0.5) is 59.2 Å². The molecule has 0 saturated heterocycles. The molecule has 2 aromatic rings. The van der Waals surface area contributed by atoms with E-state index >= 15 is 0 Å². The molecule has 242 valence electrons. The predicted octanol–water partition coefficient (Wildman–Crippen LogP) is 8.73. The predicted molar refractivity (Wildman–Crippen MR) is 134 cm³/mol. The molecule has 0 radical (unpaired) electrons. The summed E-state index contributed by atoms with van der Waals surface area (Å²) >= 11 is 0. The summed E-state index contributed by atoms with van der Waals surface area (Å²) < 4.78 is 148. The van der Waals surface area contributed by atoms with Gasteiger partial charge in [-0.15, -0.1) is 0 Å². The van der Waals surface area contributed by atoms with E-state index in [9.17, 15) is 53.5 Å². The number of fused-ring (bicyclic) bond motifs is 1. The standard InChI is InChI=1S/C28H26F10N2O4/c1-13(2)44-25(42)40-21(15-4-5-15)11-22(18-9-19(28(36,37)38)20(29)10-23(18)40)39(24(41)43-3)12-14-6-16(26(30,31)32)8-17(7-14)27(33,34)35/h6-10,13,15,21-22H,4-5,11-12H2,1-3H3. The lowest BCUT2D eigenvalue weighted by atomic mass is 9.86. The van der Waals surface area contributed by atoms with Crippen LogP contribution in [0.2, 0.25) is 0 Å². The zero-order valence-electron chi connectivity index (χ0n) is 23.3. The highest BCUT2D eigenvalue weighted by Crippen LogP contribution is 2.50. The van der Waals surface area contributed by atoms with Crippen LogP contribution >= 0.6 is 0 Å². The Bertz CT molecular complexity index is 1380. The van der Waals surface area contributed by atoms with Crippen LogP contribution in [0.25, 0.3) is 0 Å². The molecule has 2 aromatic carbocycles. The topological polar surface area (TPSA) is 59.1 Å². The number of benzene rings is 2. The highest BCUT2D eigenvalue weighted by molar-refractivity contribution is 5.91. The average molecular weight is 645 g/mol. The summed E-state index contributed by atoms with van der Waals surface area (Å²) in [6.45, 7) is 2.05. The number of methoxy groups -OCH3 is 1. The molecule has 1 aliphatic heterocycles. The van der Waals surface area contributed by atoms with Gasteiger partial charge in [0.1, 0.15) is 5.82 Å². The van der Waals surface area contributed by atoms with Crippen molar-refractivity contribution in [1.29, 1.82) is 0 Å². The number of nitrogens with zero attached hydrogens (tertiary/aromatic N) is 2. The average Bonchev–Trinajstić information content (AvgIpc) is 3.73. The van der Waals surface area contributed by atoms with E-state index in [1.807, 2.05) is 0 Å². The number of alkyl halides is 9. The van der Waals surface area contributed by atoms with Crippen molar-refractivity contribution >= 4 is 17.9 Å². The normalized spacial score (nSPS) is 19.1. The summed E-state index contributed by atoms with van der Waals surface area (Å²) in [7, 11) is 0.864. The largest absolute Gasteiger partial charge is 0.453 e. The van der Waals surface area contributed by atoms with E-state index < -0.39 is 89.1 Å². The van der Waals surface area contributed by atoms with E-state index in [4.69, 9.17) is 9.47 Å². The van der Waals surface area contributed by atoms with Crippen molar-refractivity contribution in [3.63, 3.8) is 0 Å². The molecule has 44 heavy (non-hydrogen) atoms. The minimum absolute atomic E-state index is 0.110. The molecule has 2 unspecified atom stereocenters. The summed E-state index contributed by atoms with van der Waals surface area (Å²) in [6.07, 6.45) is -17.9. The SMILES string of the molecule is COC(=O)N(Cc1cc(C(F)(F)F)cc(C(F)(F)F)c1)C1CC(C2CC2)N(C(=O)OC(C)C)c2cc(F)c(C(F)(F)F)cc21. The Hall–Kier alpha value is -3.72. The Morgan fingerprint density at radius 3 is 1.93 bits per heavy atom. The second-order valence-electron chi connectivity index (χ2n) is 10.9. The van der Waals surface area contributed by atoms with Gasteiger partial charge in [0.25, 0.3) is 0 Å². The van der Waals surface area contributed by atoms with Crippen LogP contribution in [-0.4, -0.2) is 36.3 Å². The Morgan fingerprint density at radius 1 is 0.909 bits per heavy atom. The van der Waals surface area contributed by atoms with Gasteiger partial charge in [-0.2, -0.15) is 39.5 Å². The van der Waals surface area contributed by atoms with Crippen LogP contribution in [0, 0.1) is 11.7 Å². The molecule has 1 fully saturated rings. The number of hydrogen-bond acceptors (Lipinski definition) is 4. The van der Waals surface area contributed by atoms with Crippen LogP contribution in [0.3, 0.4) is 0 Å². The third-order valence-electron chi connectivity index (χ3n) is 7.32. The third kappa shape index (κ3) is 6.98. The van der Waals surface area contributed by atoms with E-state index in [0.29, 0.717) is 42.0 Å². The van der Waals surface area contributed by atoms with Crippen molar-refractivity contribution in [2.45, 2.75) is 76.4 Å². The zero-order chi connectivity index (χ0) is 32.9. The first kappa shape index (κ1) is 33.2. The first-order valence-electron chi connectivity index (χ1n) is 13.3. The molecule has 1 heterocycles. The first-order chi connectivity index (χ1) is 20.2. The van der Waals surface area contributed by atoms with E-state index in [2.05, 4.69) is 0 Å². The van der Waals surface area contributed by atoms with Gasteiger partial charge in [0, 0.05) is 12.6 Å². The number of hydrogen-bond donors (Lipinski definition) is 0. The Labute approximate surface area is 244 Å². The van der Waals surface area contributed by atoms with Gasteiger partial charge in [0.2, 0.25) is 0 Å². The number of rotatable bonds is 5. The van der Waals surface area contributed by atoms with Gasteiger partial charge in [-0.25, -0.2) is 14.0 Å². The Kier molecular flexibility index (Phi) is 8.79. The maximum atomic E-state index is 14.9. The van der Waals surface area contributed by atoms with Crippen molar-refractivity contribution in [2.75, 3.05) is 12.0 Å². The van der Waals surface area contributed by atoms with E-state index in [-0.39, 0.29) is 24.1 Å². The fourth-order valence-corrected chi connectivity index (χ4v) is 5.31. The van der Waals surface area contributed by atoms with Crippen LogP contribution in [0.1, 0.15) is 67.0 Å². The van der Waals surface area contributed by atoms with Crippen molar-refractivity contribution < 1.29 is 63.0 Å². The van der Waals surface area contributed by atoms with Gasteiger partial charge >= 0.3 is 30.7 Å². The second kappa shape index (κ2) is 11.7. The minimum atomic E-state index is -5.24. The molecule has 1 aliphatic carbocycles. The molecule has 0 aromatic heterocycles. The van der Waals surface area contributed by atoms with Gasteiger partial charge in [-0.1, -0.05) is 0 Å². The fraction of sp³-hybridized carbons (Fsp3) is 0.500. The quantitative estimate of drug-likeness (QED) is 0.306. The lowest BCUT2D eigenvalue weighted by Gasteiger charge is -2.44. The van der Waals surface area contributed by atoms with E-state index in [1.165, 1.54) is 13.8 Å². The smallest absolute Gasteiger partial charge is 0.419 e. The molecule has 6 nitrogen and oxygen atoms in total. The molecule has 0 N–H and O–H groups in total. The molecule has 2 aliphatic rings. The highest BCUT2D eigenvalue weighted by Gasteiger charge is 2.49. The van der Waals surface area contributed by atoms with Gasteiger partial charge in [-0.3, -0.25) is 9.80 Å². The van der Waals surface area contributed by atoms with Crippen LogP contribution in [-0.2, 0) is 34.5 Å². The first-order valence-corrected chi connectivity index (χ1v) is 13.3. The second-order valence-corrected chi connectivity index (χ2v) is 10.9. The minimum Gasteiger partial charge on any atom is -0.453 e. The van der Waals surface area contributed by atoms with E-state index in [0.717, 1.165) is 12.0 Å². The number of carbonyl (C=O) groups is 2. The van der Waals surface area contributed by atoms with Crippen molar-refractivity contribution in [2.24, 2.45) is 5.92 Å². The van der Waals surface area contributed by atoms with Gasteiger partial charge in [-0.05, 0) is 80.5 Å². The lowest BCUT2D eigenvalue weighted by Crippen LogP contribution is -2.50. The summed E-state index contributed by atoms with van der Waals surface area (Å²) in [5, 5.41) is 0. The maximum Gasteiger partial charge on any atom is 0.419 e. The van der Waals surface area contributed by atoms with Crippen LogP contribution in [0.5, 0.6) is 0 Å². The summed E-state index contributed by atoms with van der Waals surface area (Å²) in [6, 6.07) is -0.871. The Morgan fingerprint density at radius 2 is 1.48 bits per heavy atom. The van der Waals surface area contributed by atoms with E-state index in [1.54, 1.807) is 0 Å². The number of carbonyl (C=O) groups excluding carboxylic acids is 2. The van der Waals surface area contributed by atoms with Crippen molar-refractivity contribution in [3.05, 3.63) is 64.0 Å². The Balaban J connectivity index is 1.92. The molecule has 0 spiro atoms. The third-order valence-corrected chi connectivity index (χ3v) is 7.32. The van der Waals surface area contributed by atoms with Gasteiger partial charge < -0.3 is 9.47 Å². The van der Waals surface area contributed by atoms with Crippen LogP contribution in [0.15, 0.2) is 30.3 Å². The summed E-state index contributed by atoms with van der Waals surface area (Å²) in [5.41, 5.74) is -6.56. The van der Waals surface area contributed by atoms with Gasteiger partial charge in [0.15, 0.2) is 0 Å². The van der Waals surface area contributed by atoms with Crippen LogP contribution < -0.4 is 4.90 Å². The molecule has 1 saturated carbocycles. The molecule has 0 bridgehead atoms. The molecular weight excluding hydrogens is 618 g/mol. The fourth-order valence-electron chi connectivity index (χ4n) is 5.31. The van der Waals surface area contributed by atoms with Crippen molar-refractivity contribution in [1.82, 2.24) is 4.90 Å². The summed E-state index contributed by atoms with van der Waals surface area (Å²) in [4.78, 5) is 27.9. The molecule has 16 heteroatoms. The number of anilines is 1. The monoisotopic (exact) mass is 644 g/mol. The maximum absolute atomic E-state index is 14.9. The molecule has 2 amide bonds. The number of ether oxygens (including phenoxy) is 2. The van der Waals surface area contributed by atoms with Crippen molar-refractivity contribution in [3.8, 4) is 0 Å². The summed E-state index contributed by atoms with van der Waals surface area (Å²) in [5.74, 6) is -2.01. The number of halogens is 10. The molecular formula is C28H26F10N2O4. The highest BCUT2D eigenvalue weighted by atomic mass is 19.4.